The Bertz CT molecular complexity index is 1130. The second kappa shape index (κ2) is 7.95. The molecular formula is C20H24N4O3S2. The Balaban J connectivity index is 1.64. The molecule has 1 amide bonds. The number of nitrogens with one attached hydrogen (secondary N) is 1. The van der Waals surface area contributed by atoms with Crippen LogP contribution in [0.2, 0.25) is 0 Å². The summed E-state index contributed by atoms with van der Waals surface area (Å²) >= 11 is 2.92. The third kappa shape index (κ3) is 3.85. The molecule has 0 spiro atoms. The first-order valence-electron chi connectivity index (χ1n) is 9.83. The van der Waals surface area contributed by atoms with Crippen LogP contribution >= 0.6 is 23.1 Å². The van der Waals surface area contributed by atoms with Crippen LogP contribution in [-0.2, 0) is 24.2 Å². The van der Waals surface area contributed by atoms with Crippen LogP contribution in [0.3, 0.4) is 0 Å². The van der Waals surface area contributed by atoms with E-state index in [1.54, 1.807) is 35.8 Å². The molecule has 3 heterocycles. The predicted molar refractivity (Wildman–Crippen MR) is 116 cm³/mol. The fraction of sp³-hybridized carbons (Fsp3) is 0.500. The molecule has 29 heavy (non-hydrogen) atoms. The smallest absolute Gasteiger partial charge is 0.263 e. The highest BCUT2D eigenvalue weighted by Crippen LogP contribution is 2.37. The van der Waals surface area contributed by atoms with E-state index in [1.807, 2.05) is 6.92 Å². The highest BCUT2D eigenvalue weighted by Gasteiger charge is 2.26. The van der Waals surface area contributed by atoms with Gasteiger partial charge >= 0.3 is 0 Å². The number of anilines is 1. The largest absolute Gasteiger partial charge is 0.360 e. The minimum Gasteiger partial charge on any atom is -0.360 e. The lowest BCUT2D eigenvalue weighted by Crippen LogP contribution is -2.27. The summed E-state index contributed by atoms with van der Waals surface area (Å²) in [5, 5.41) is 7.45. The maximum atomic E-state index is 13.2. The molecule has 2 unspecified atom stereocenters. The van der Waals surface area contributed by atoms with Crippen molar-refractivity contribution >= 4 is 45.0 Å². The average Bonchev–Trinajstić information content (AvgIpc) is 3.24. The van der Waals surface area contributed by atoms with Crippen LogP contribution in [0.25, 0.3) is 10.2 Å². The molecule has 0 radical (unpaired) electrons. The molecule has 9 heteroatoms. The highest BCUT2D eigenvalue weighted by atomic mass is 32.2. The van der Waals surface area contributed by atoms with Crippen molar-refractivity contribution in [2.24, 2.45) is 5.92 Å². The number of hydrogen-bond donors (Lipinski definition) is 1. The summed E-state index contributed by atoms with van der Waals surface area (Å²) in [4.78, 5) is 32.7. The lowest BCUT2D eigenvalue weighted by atomic mass is 9.89. The van der Waals surface area contributed by atoms with E-state index in [4.69, 9.17) is 9.51 Å². The summed E-state index contributed by atoms with van der Waals surface area (Å²) in [6.07, 6.45) is 3.07. The van der Waals surface area contributed by atoms with E-state index in [-0.39, 0.29) is 11.5 Å². The van der Waals surface area contributed by atoms with Crippen LogP contribution in [0, 0.1) is 12.8 Å². The fourth-order valence-electron chi connectivity index (χ4n) is 3.64. The summed E-state index contributed by atoms with van der Waals surface area (Å²) < 4.78 is 6.67. The fourth-order valence-corrected chi connectivity index (χ4v) is 6.03. The van der Waals surface area contributed by atoms with Gasteiger partial charge in [0.05, 0.1) is 10.6 Å². The number of aryl methyl sites for hydroxylation is 2. The van der Waals surface area contributed by atoms with Crippen molar-refractivity contribution in [2.75, 3.05) is 5.32 Å². The molecule has 7 nitrogen and oxygen atoms in total. The van der Waals surface area contributed by atoms with Gasteiger partial charge in [-0.1, -0.05) is 23.8 Å². The molecule has 3 aromatic heterocycles. The molecule has 0 aromatic carbocycles. The van der Waals surface area contributed by atoms with Gasteiger partial charge in [-0.25, -0.2) is 4.98 Å². The normalized spacial score (nSPS) is 17.3. The predicted octanol–water partition coefficient (Wildman–Crippen LogP) is 4.02. The first kappa shape index (κ1) is 20.2. The van der Waals surface area contributed by atoms with Gasteiger partial charge in [0.25, 0.3) is 5.56 Å². The van der Waals surface area contributed by atoms with Crippen molar-refractivity contribution in [3.05, 3.63) is 32.6 Å². The van der Waals surface area contributed by atoms with E-state index in [0.29, 0.717) is 29.2 Å². The Morgan fingerprint density at radius 1 is 1.52 bits per heavy atom. The minimum absolute atomic E-state index is 0.00628. The molecule has 0 aliphatic heterocycles. The third-order valence-corrected chi connectivity index (χ3v) is 7.47. The first-order chi connectivity index (χ1) is 13.9. The van der Waals surface area contributed by atoms with Crippen LogP contribution < -0.4 is 10.9 Å². The second-order valence-corrected chi connectivity index (χ2v) is 9.94. The lowest BCUT2D eigenvalue weighted by Gasteiger charge is -2.18. The number of carbonyl (C=O) groups excluding carboxylic acids is 1. The number of amides is 1. The molecule has 0 bridgehead atoms. The van der Waals surface area contributed by atoms with Gasteiger partial charge in [-0.05, 0) is 51.5 Å². The number of thiophene rings is 1. The zero-order valence-corrected chi connectivity index (χ0v) is 18.6. The number of rotatable bonds is 5. The Hall–Kier alpha value is -2.13. The topological polar surface area (TPSA) is 90.0 Å². The molecule has 2 atom stereocenters. The van der Waals surface area contributed by atoms with Gasteiger partial charge in [0.2, 0.25) is 5.91 Å². The summed E-state index contributed by atoms with van der Waals surface area (Å²) in [5.41, 5.74) is 1.19. The van der Waals surface area contributed by atoms with Crippen LogP contribution in [0.5, 0.6) is 0 Å². The summed E-state index contributed by atoms with van der Waals surface area (Å²) in [7, 11) is 0. The van der Waals surface area contributed by atoms with E-state index in [9.17, 15) is 9.59 Å². The quantitative estimate of drug-likeness (QED) is 0.484. The molecule has 4 rings (SSSR count). The molecule has 1 aliphatic carbocycles. The van der Waals surface area contributed by atoms with E-state index in [0.717, 1.165) is 29.5 Å². The third-order valence-electron chi connectivity index (χ3n) is 5.23. The molecule has 1 aliphatic rings. The number of aromatic nitrogens is 3. The molecule has 154 valence electrons. The van der Waals surface area contributed by atoms with E-state index >= 15 is 0 Å². The van der Waals surface area contributed by atoms with Crippen molar-refractivity contribution in [2.45, 2.75) is 63.9 Å². The highest BCUT2D eigenvalue weighted by molar-refractivity contribution is 8.00. The van der Waals surface area contributed by atoms with E-state index < -0.39 is 5.25 Å². The van der Waals surface area contributed by atoms with Crippen LogP contribution in [-0.4, -0.2) is 25.9 Å². The minimum atomic E-state index is -0.441. The maximum absolute atomic E-state index is 13.2. The standard InChI is InChI=1S/C20H24N4O3S2/c1-5-24-19(26)16-13-7-6-10(2)8-14(13)29-18(16)22-20(24)28-12(4)17(25)21-15-9-11(3)27-23-15/h9-10,12H,5-8H2,1-4H3,(H,21,23,25). The molecule has 1 N–H and O–H groups in total. The summed E-state index contributed by atoms with van der Waals surface area (Å²) in [5.74, 6) is 1.45. The Labute approximate surface area is 176 Å². The second-order valence-electron chi connectivity index (χ2n) is 7.55. The molecular weight excluding hydrogens is 408 g/mol. The van der Waals surface area contributed by atoms with Gasteiger partial charge in [0, 0.05) is 17.5 Å². The zero-order valence-electron chi connectivity index (χ0n) is 16.9. The zero-order chi connectivity index (χ0) is 20.7. The van der Waals surface area contributed by atoms with Crippen molar-refractivity contribution in [1.82, 2.24) is 14.7 Å². The van der Waals surface area contributed by atoms with Crippen LogP contribution in [0.4, 0.5) is 5.82 Å². The number of carbonyl (C=O) groups is 1. The van der Waals surface area contributed by atoms with Crippen molar-refractivity contribution in [3.63, 3.8) is 0 Å². The molecule has 0 fully saturated rings. The van der Waals surface area contributed by atoms with Gasteiger partial charge in [0.15, 0.2) is 11.0 Å². The van der Waals surface area contributed by atoms with Crippen LogP contribution in [0.15, 0.2) is 20.5 Å². The number of fused-ring (bicyclic) bond motifs is 3. The Morgan fingerprint density at radius 3 is 3.00 bits per heavy atom. The number of thioether (sulfide) groups is 1. The van der Waals surface area contributed by atoms with Gasteiger partial charge in [0.1, 0.15) is 10.6 Å². The van der Waals surface area contributed by atoms with Crippen LogP contribution in [0.1, 0.15) is 43.4 Å². The van der Waals surface area contributed by atoms with Crippen molar-refractivity contribution in [3.8, 4) is 0 Å². The first-order valence-corrected chi connectivity index (χ1v) is 11.5. The SMILES string of the molecule is CCn1c(SC(C)C(=O)Nc2cc(C)on2)nc2sc3c(c2c1=O)CCC(C)C3. The maximum Gasteiger partial charge on any atom is 0.263 e. The van der Waals surface area contributed by atoms with Gasteiger partial charge in [-0.2, -0.15) is 0 Å². The van der Waals surface area contributed by atoms with Crippen molar-refractivity contribution < 1.29 is 9.32 Å². The van der Waals surface area contributed by atoms with E-state index in [1.165, 1.54) is 22.2 Å². The summed E-state index contributed by atoms with van der Waals surface area (Å²) in [6.45, 7) is 8.26. The Kier molecular flexibility index (Phi) is 5.52. The Morgan fingerprint density at radius 2 is 2.31 bits per heavy atom. The van der Waals surface area contributed by atoms with Gasteiger partial charge in [-0.3, -0.25) is 14.2 Å². The monoisotopic (exact) mass is 432 g/mol. The molecule has 0 saturated carbocycles. The lowest BCUT2D eigenvalue weighted by molar-refractivity contribution is -0.115. The van der Waals surface area contributed by atoms with E-state index in [2.05, 4.69) is 17.4 Å². The number of nitrogens with zero attached hydrogens (tertiary/aromatic N) is 3. The number of hydrogen-bond acceptors (Lipinski definition) is 7. The van der Waals surface area contributed by atoms with Gasteiger partial charge < -0.3 is 9.84 Å². The average molecular weight is 433 g/mol. The summed E-state index contributed by atoms with van der Waals surface area (Å²) in [6, 6.07) is 1.67. The van der Waals surface area contributed by atoms with Crippen molar-refractivity contribution in [1.29, 1.82) is 0 Å². The van der Waals surface area contributed by atoms with Gasteiger partial charge in [-0.15, -0.1) is 11.3 Å². The molecule has 3 aromatic rings. The molecule has 0 saturated heterocycles.